The number of carboxylic acid groups (broad SMARTS) is 1. The Labute approximate surface area is 151 Å². The van der Waals surface area contributed by atoms with E-state index in [-0.39, 0.29) is 28.8 Å². The van der Waals surface area contributed by atoms with Crippen molar-refractivity contribution in [1.82, 2.24) is 8.87 Å². The van der Waals surface area contributed by atoms with Crippen LogP contribution in [0.5, 0.6) is 0 Å². The Bertz CT molecular complexity index is 946. The van der Waals surface area contributed by atoms with Gasteiger partial charge in [0.15, 0.2) is 0 Å². The molecule has 1 aromatic carbocycles. The summed E-state index contributed by atoms with van der Waals surface area (Å²) >= 11 is 0. The van der Waals surface area contributed by atoms with Crippen LogP contribution in [-0.4, -0.2) is 47.4 Å². The fraction of sp³-hybridized carbons (Fsp3) is 0.333. The van der Waals surface area contributed by atoms with Crippen molar-refractivity contribution in [1.29, 1.82) is 0 Å². The van der Waals surface area contributed by atoms with E-state index in [2.05, 4.69) is 0 Å². The summed E-state index contributed by atoms with van der Waals surface area (Å²) in [5.74, 6) is -2.03. The molecule has 1 saturated heterocycles. The van der Waals surface area contributed by atoms with Gasteiger partial charge in [0.1, 0.15) is 0 Å². The highest BCUT2D eigenvalue weighted by molar-refractivity contribution is 7.90. The third-order valence-corrected chi connectivity index (χ3v) is 6.38. The van der Waals surface area contributed by atoms with Gasteiger partial charge in [-0.15, -0.1) is 0 Å². The lowest BCUT2D eigenvalue weighted by atomic mass is 9.99. The number of benzene rings is 1. The first-order chi connectivity index (χ1) is 12.2. The van der Waals surface area contributed by atoms with Crippen LogP contribution in [0.3, 0.4) is 0 Å². The zero-order valence-corrected chi connectivity index (χ0v) is 15.3. The summed E-state index contributed by atoms with van der Waals surface area (Å²) in [6, 6.07) is 7.89. The van der Waals surface area contributed by atoms with Crippen molar-refractivity contribution < 1.29 is 23.1 Å². The number of amides is 1. The van der Waals surface area contributed by atoms with Gasteiger partial charge >= 0.3 is 5.97 Å². The van der Waals surface area contributed by atoms with E-state index in [1.54, 1.807) is 19.1 Å². The van der Waals surface area contributed by atoms with Crippen molar-refractivity contribution >= 4 is 21.9 Å². The Kier molecular flexibility index (Phi) is 4.62. The lowest BCUT2D eigenvalue weighted by molar-refractivity contribution is -0.142. The van der Waals surface area contributed by atoms with Crippen LogP contribution in [0.1, 0.15) is 22.8 Å². The number of aromatic nitrogens is 1. The molecule has 3 rings (SSSR count). The van der Waals surface area contributed by atoms with Crippen LogP contribution in [0.25, 0.3) is 0 Å². The van der Waals surface area contributed by atoms with Crippen molar-refractivity contribution in [2.75, 3.05) is 13.1 Å². The first-order valence-corrected chi connectivity index (χ1v) is 9.66. The lowest BCUT2D eigenvalue weighted by Crippen LogP contribution is -2.29. The van der Waals surface area contributed by atoms with Crippen LogP contribution < -0.4 is 0 Å². The molecule has 0 aliphatic carbocycles. The molecule has 1 amide bonds. The minimum atomic E-state index is -3.78. The predicted molar refractivity (Wildman–Crippen MR) is 94.4 cm³/mol. The molecule has 7 nitrogen and oxygen atoms in total. The van der Waals surface area contributed by atoms with Gasteiger partial charge in [-0.25, -0.2) is 12.4 Å². The predicted octanol–water partition coefficient (Wildman–Crippen LogP) is 1.83. The number of carboxylic acids is 1. The molecule has 1 aliphatic heterocycles. The van der Waals surface area contributed by atoms with Gasteiger partial charge < -0.3 is 10.0 Å². The fourth-order valence-electron chi connectivity index (χ4n) is 3.12. The van der Waals surface area contributed by atoms with Crippen LogP contribution in [0, 0.1) is 18.8 Å². The quantitative estimate of drug-likeness (QED) is 0.878. The summed E-state index contributed by atoms with van der Waals surface area (Å²) in [6.45, 7) is 4.13. The number of carbonyl (C=O) groups is 2. The number of hydrogen-bond acceptors (Lipinski definition) is 4. The van der Waals surface area contributed by atoms with Gasteiger partial charge in [-0.3, -0.25) is 9.59 Å². The lowest BCUT2D eigenvalue weighted by Gasteiger charge is -2.14. The van der Waals surface area contributed by atoms with E-state index in [1.165, 1.54) is 35.5 Å². The summed E-state index contributed by atoms with van der Waals surface area (Å²) in [4.78, 5) is 25.4. The monoisotopic (exact) mass is 376 g/mol. The van der Waals surface area contributed by atoms with Crippen LogP contribution in [-0.2, 0) is 14.8 Å². The summed E-state index contributed by atoms with van der Waals surface area (Å²) in [5.41, 5.74) is 1.17. The smallest absolute Gasteiger partial charge is 0.308 e. The highest BCUT2D eigenvalue weighted by atomic mass is 32.2. The minimum Gasteiger partial charge on any atom is -0.481 e. The average molecular weight is 376 g/mol. The maximum atomic E-state index is 12.7. The molecular formula is C18H20N2O5S. The molecule has 8 heteroatoms. The number of nitrogens with zero attached hydrogens (tertiary/aromatic N) is 2. The number of likely N-dealkylation sites (tertiary alicyclic amines) is 1. The topological polar surface area (TPSA) is 96.7 Å². The van der Waals surface area contributed by atoms with Crippen molar-refractivity contribution in [2.45, 2.75) is 18.7 Å². The summed E-state index contributed by atoms with van der Waals surface area (Å²) in [5, 5.41) is 9.19. The number of aliphatic carboxylic acids is 1. The minimum absolute atomic E-state index is 0.130. The second-order valence-electron chi connectivity index (χ2n) is 6.68. The van der Waals surface area contributed by atoms with E-state index in [0.717, 1.165) is 9.54 Å². The molecule has 26 heavy (non-hydrogen) atoms. The Balaban J connectivity index is 1.83. The van der Waals surface area contributed by atoms with Gasteiger partial charge in [0.25, 0.3) is 15.9 Å². The van der Waals surface area contributed by atoms with Gasteiger partial charge in [0, 0.05) is 25.5 Å². The molecule has 0 saturated carbocycles. The van der Waals surface area contributed by atoms with Crippen LogP contribution >= 0.6 is 0 Å². The molecule has 1 fully saturated rings. The van der Waals surface area contributed by atoms with E-state index < -0.39 is 21.9 Å². The molecule has 2 aromatic rings. The normalized spacial score (nSPS) is 20.3. The van der Waals surface area contributed by atoms with E-state index in [9.17, 15) is 23.1 Å². The van der Waals surface area contributed by atoms with Gasteiger partial charge in [-0.1, -0.05) is 24.6 Å². The number of hydrogen-bond donors (Lipinski definition) is 1. The highest BCUT2D eigenvalue weighted by Crippen LogP contribution is 2.25. The molecule has 0 unspecified atom stereocenters. The number of rotatable bonds is 4. The first-order valence-electron chi connectivity index (χ1n) is 8.22. The summed E-state index contributed by atoms with van der Waals surface area (Å²) < 4.78 is 26.3. The van der Waals surface area contributed by atoms with Crippen molar-refractivity contribution in [2.24, 2.45) is 11.8 Å². The maximum absolute atomic E-state index is 12.7. The number of carbonyl (C=O) groups excluding carboxylic acids is 1. The SMILES string of the molecule is Cc1ccc(S(=O)(=O)n2ccc(C(=O)N3C[C@@H](C)[C@H](C(=O)O)C3)c2)cc1. The molecule has 0 spiro atoms. The van der Waals surface area contributed by atoms with E-state index in [1.807, 2.05) is 6.92 Å². The molecule has 2 heterocycles. The van der Waals surface area contributed by atoms with Gasteiger partial charge in [-0.2, -0.15) is 0 Å². The van der Waals surface area contributed by atoms with Gasteiger partial charge in [0.05, 0.1) is 16.4 Å². The van der Waals surface area contributed by atoms with E-state index in [0.29, 0.717) is 6.54 Å². The van der Waals surface area contributed by atoms with Gasteiger partial charge in [0.2, 0.25) is 0 Å². The zero-order valence-electron chi connectivity index (χ0n) is 14.5. The largest absolute Gasteiger partial charge is 0.481 e. The van der Waals surface area contributed by atoms with Crippen molar-refractivity contribution in [3.8, 4) is 0 Å². The Morgan fingerprint density at radius 2 is 1.77 bits per heavy atom. The van der Waals surface area contributed by atoms with Crippen molar-refractivity contribution in [3.63, 3.8) is 0 Å². The second-order valence-corrected chi connectivity index (χ2v) is 8.52. The molecule has 1 aromatic heterocycles. The first kappa shape index (κ1) is 18.2. The zero-order chi connectivity index (χ0) is 19.1. The van der Waals surface area contributed by atoms with Crippen LogP contribution in [0.2, 0.25) is 0 Å². The number of aryl methyl sites for hydroxylation is 1. The van der Waals surface area contributed by atoms with Crippen LogP contribution in [0.4, 0.5) is 0 Å². The third kappa shape index (κ3) is 3.24. The summed E-state index contributed by atoms with van der Waals surface area (Å²) in [7, 11) is -3.78. The molecule has 0 radical (unpaired) electrons. The van der Waals surface area contributed by atoms with Crippen LogP contribution in [0.15, 0.2) is 47.6 Å². The van der Waals surface area contributed by atoms with Gasteiger partial charge in [-0.05, 0) is 31.0 Å². The molecular weight excluding hydrogens is 356 g/mol. The molecule has 138 valence electrons. The molecule has 2 atom stereocenters. The standard InChI is InChI=1S/C18H20N2O5S/c1-12-3-5-15(6-4-12)26(24,25)20-8-7-14(10-20)17(21)19-9-13(2)16(11-19)18(22)23/h3-8,10,13,16H,9,11H2,1-2H3,(H,22,23)/t13-,16-/m1/s1. The third-order valence-electron chi connectivity index (χ3n) is 4.73. The highest BCUT2D eigenvalue weighted by Gasteiger charge is 2.37. The molecule has 1 aliphatic rings. The summed E-state index contributed by atoms with van der Waals surface area (Å²) in [6.07, 6.45) is 2.60. The Morgan fingerprint density at radius 1 is 1.12 bits per heavy atom. The van der Waals surface area contributed by atoms with E-state index >= 15 is 0 Å². The Hall–Kier alpha value is -2.61. The van der Waals surface area contributed by atoms with E-state index in [4.69, 9.17) is 0 Å². The van der Waals surface area contributed by atoms with Crippen molar-refractivity contribution in [3.05, 3.63) is 53.9 Å². The fourth-order valence-corrected chi connectivity index (χ4v) is 4.32. The maximum Gasteiger partial charge on any atom is 0.308 e. The average Bonchev–Trinajstić information content (AvgIpc) is 3.22. The molecule has 1 N–H and O–H groups in total. The second kappa shape index (κ2) is 6.60. The Morgan fingerprint density at radius 3 is 2.35 bits per heavy atom. The molecule has 0 bridgehead atoms.